The molecule has 1 atom stereocenters. The molecule has 1 aromatic carbocycles. The van der Waals surface area contributed by atoms with Gasteiger partial charge in [-0.2, -0.15) is 11.8 Å². The molecule has 1 aliphatic rings. The van der Waals surface area contributed by atoms with Crippen molar-refractivity contribution in [2.45, 2.75) is 37.5 Å². The van der Waals surface area contributed by atoms with Crippen LogP contribution in [-0.2, 0) is 5.75 Å². The first-order chi connectivity index (χ1) is 9.36. The predicted molar refractivity (Wildman–Crippen MR) is 85.4 cm³/mol. The molecule has 0 radical (unpaired) electrons. The summed E-state index contributed by atoms with van der Waals surface area (Å²) in [6.45, 7) is 2.31. The molecule has 1 heterocycles. The Morgan fingerprint density at radius 1 is 1.21 bits per heavy atom. The van der Waals surface area contributed by atoms with Gasteiger partial charge in [0.15, 0.2) is 0 Å². The van der Waals surface area contributed by atoms with Gasteiger partial charge >= 0.3 is 0 Å². The molecule has 19 heavy (non-hydrogen) atoms. The van der Waals surface area contributed by atoms with Crippen LogP contribution in [0.1, 0.15) is 31.2 Å². The minimum Gasteiger partial charge on any atom is -0.327 e. The summed E-state index contributed by atoms with van der Waals surface area (Å²) in [5.41, 5.74) is 7.73. The highest BCUT2D eigenvalue weighted by atomic mass is 32.2. The second-order valence-electron chi connectivity index (χ2n) is 5.43. The fraction of sp³-hybridized carbons (Fsp3) is 0.625. The van der Waals surface area contributed by atoms with Crippen LogP contribution in [0.15, 0.2) is 30.3 Å². The van der Waals surface area contributed by atoms with Gasteiger partial charge in [0.1, 0.15) is 0 Å². The third-order valence-corrected chi connectivity index (χ3v) is 5.04. The number of rotatable bonds is 7. The van der Waals surface area contributed by atoms with E-state index in [9.17, 15) is 0 Å². The van der Waals surface area contributed by atoms with Crippen molar-refractivity contribution in [3.8, 4) is 0 Å². The van der Waals surface area contributed by atoms with Crippen LogP contribution in [0.2, 0.25) is 0 Å². The Bertz CT molecular complexity index is 336. The maximum Gasteiger partial charge on any atom is 0.0184 e. The van der Waals surface area contributed by atoms with Crippen LogP contribution in [-0.4, -0.2) is 24.9 Å². The second kappa shape index (κ2) is 8.62. The zero-order valence-corrected chi connectivity index (χ0v) is 12.5. The maximum absolute atomic E-state index is 6.30. The van der Waals surface area contributed by atoms with Gasteiger partial charge in [0.25, 0.3) is 0 Å². The lowest BCUT2D eigenvalue weighted by Crippen LogP contribution is -2.38. The quantitative estimate of drug-likeness (QED) is 0.753. The van der Waals surface area contributed by atoms with E-state index in [1.807, 2.05) is 11.8 Å². The summed E-state index contributed by atoms with van der Waals surface area (Å²) in [7, 11) is 0. The normalized spacial score (nSPS) is 18.4. The highest BCUT2D eigenvalue weighted by Gasteiger charge is 2.19. The Hall–Kier alpha value is -0.510. The van der Waals surface area contributed by atoms with Crippen LogP contribution >= 0.6 is 11.8 Å². The topological polar surface area (TPSA) is 38.0 Å². The van der Waals surface area contributed by atoms with Crippen molar-refractivity contribution in [3.63, 3.8) is 0 Å². The molecule has 2 nitrogen and oxygen atoms in total. The molecule has 0 spiro atoms. The molecule has 1 unspecified atom stereocenters. The van der Waals surface area contributed by atoms with Gasteiger partial charge in [-0.25, -0.2) is 0 Å². The van der Waals surface area contributed by atoms with E-state index < -0.39 is 0 Å². The third-order valence-electron chi connectivity index (χ3n) is 3.93. The monoisotopic (exact) mass is 278 g/mol. The van der Waals surface area contributed by atoms with E-state index in [1.165, 1.54) is 37.0 Å². The van der Waals surface area contributed by atoms with E-state index in [2.05, 4.69) is 35.6 Å². The van der Waals surface area contributed by atoms with Gasteiger partial charge in [0.05, 0.1) is 0 Å². The average molecular weight is 278 g/mol. The number of nitrogens with two attached hydrogens (primary N) is 1. The first-order valence-corrected chi connectivity index (χ1v) is 8.59. The number of thioether (sulfide) groups is 1. The van der Waals surface area contributed by atoms with Crippen molar-refractivity contribution in [3.05, 3.63) is 35.9 Å². The summed E-state index contributed by atoms with van der Waals surface area (Å²) in [5, 5.41) is 3.40. The number of benzene rings is 1. The fourth-order valence-corrected chi connectivity index (χ4v) is 3.64. The minimum absolute atomic E-state index is 0.416. The zero-order chi connectivity index (χ0) is 13.3. The molecule has 0 aliphatic carbocycles. The van der Waals surface area contributed by atoms with E-state index in [4.69, 9.17) is 5.73 Å². The zero-order valence-electron chi connectivity index (χ0n) is 11.7. The Kier molecular flexibility index (Phi) is 6.75. The smallest absolute Gasteiger partial charge is 0.0184 e. The summed E-state index contributed by atoms with van der Waals surface area (Å²) in [6.07, 6.45) is 4.96. The lowest BCUT2D eigenvalue weighted by molar-refractivity contribution is 0.307. The van der Waals surface area contributed by atoms with Crippen molar-refractivity contribution >= 4 is 11.8 Å². The van der Waals surface area contributed by atoms with E-state index in [0.29, 0.717) is 6.04 Å². The fourth-order valence-electron chi connectivity index (χ4n) is 2.69. The van der Waals surface area contributed by atoms with Crippen molar-refractivity contribution in [1.29, 1.82) is 0 Å². The van der Waals surface area contributed by atoms with Crippen molar-refractivity contribution < 1.29 is 0 Å². The molecule has 1 aliphatic heterocycles. The number of hydrogen-bond acceptors (Lipinski definition) is 3. The summed E-state index contributed by atoms with van der Waals surface area (Å²) in [5.74, 6) is 3.11. The molecule has 3 heteroatoms. The molecule has 0 saturated carbocycles. The molecule has 106 valence electrons. The number of nitrogens with one attached hydrogen (secondary N) is 1. The Morgan fingerprint density at radius 2 is 1.95 bits per heavy atom. The number of piperidine rings is 1. The van der Waals surface area contributed by atoms with Crippen LogP contribution in [0.5, 0.6) is 0 Å². The van der Waals surface area contributed by atoms with Gasteiger partial charge < -0.3 is 11.1 Å². The van der Waals surface area contributed by atoms with Gasteiger partial charge in [-0.3, -0.25) is 0 Å². The van der Waals surface area contributed by atoms with E-state index in [0.717, 1.165) is 24.8 Å². The SMILES string of the molecule is NC(CCCSCc1ccccc1)C1CCNCC1. The van der Waals surface area contributed by atoms with Crippen LogP contribution in [0, 0.1) is 5.92 Å². The van der Waals surface area contributed by atoms with Gasteiger partial charge in [-0.05, 0) is 56.0 Å². The average Bonchev–Trinajstić information content (AvgIpc) is 2.49. The summed E-state index contributed by atoms with van der Waals surface area (Å²) in [4.78, 5) is 0. The first-order valence-electron chi connectivity index (χ1n) is 7.44. The molecule has 1 aromatic rings. The molecular formula is C16H26N2S. The van der Waals surface area contributed by atoms with Gasteiger partial charge in [0, 0.05) is 11.8 Å². The van der Waals surface area contributed by atoms with Crippen molar-refractivity contribution in [2.75, 3.05) is 18.8 Å². The minimum atomic E-state index is 0.416. The van der Waals surface area contributed by atoms with Crippen LogP contribution in [0.25, 0.3) is 0 Å². The van der Waals surface area contributed by atoms with E-state index in [-0.39, 0.29) is 0 Å². The molecule has 1 fully saturated rings. The van der Waals surface area contributed by atoms with Gasteiger partial charge in [-0.15, -0.1) is 0 Å². The van der Waals surface area contributed by atoms with Crippen molar-refractivity contribution in [1.82, 2.24) is 5.32 Å². The first kappa shape index (κ1) is 14.9. The molecule has 0 aromatic heterocycles. The lowest BCUT2D eigenvalue weighted by Gasteiger charge is -2.28. The Balaban J connectivity index is 1.54. The Labute approximate surface area is 121 Å². The second-order valence-corrected chi connectivity index (χ2v) is 6.54. The van der Waals surface area contributed by atoms with E-state index in [1.54, 1.807) is 0 Å². The molecule has 2 rings (SSSR count). The summed E-state index contributed by atoms with van der Waals surface area (Å²) in [6, 6.07) is 11.1. The largest absolute Gasteiger partial charge is 0.327 e. The highest BCUT2D eigenvalue weighted by Crippen LogP contribution is 2.20. The van der Waals surface area contributed by atoms with Crippen molar-refractivity contribution in [2.24, 2.45) is 11.7 Å². The lowest BCUT2D eigenvalue weighted by atomic mass is 9.88. The molecule has 0 amide bonds. The van der Waals surface area contributed by atoms with Crippen LogP contribution in [0.4, 0.5) is 0 Å². The third kappa shape index (κ3) is 5.55. The maximum atomic E-state index is 6.30. The molecule has 0 bridgehead atoms. The summed E-state index contributed by atoms with van der Waals surface area (Å²) < 4.78 is 0. The van der Waals surface area contributed by atoms with Crippen LogP contribution in [0.3, 0.4) is 0 Å². The standard InChI is InChI=1S/C16H26N2S/c17-16(15-8-10-18-11-9-15)7-4-12-19-13-14-5-2-1-3-6-14/h1-3,5-6,15-16,18H,4,7-13,17H2. The van der Waals surface area contributed by atoms with Crippen LogP contribution < -0.4 is 11.1 Å². The molecular weight excluding hydrogens is 252 g/mol. The predicted octanol–water partition coefficient (Wildman–Crippen LogP) is 3.03. The highest BCUT2D eigenvalue weighted by molar-refractivity contribution is 7.98. The van der Waals surface area contributed by atoms with Gasteiger partial charge in [-0.1, -0.05) is 30.3 Å². The summed E-state index contributed by atoms with van der Waals surface area (Å²) >= 11 is 2.03. The van der Waals surface area contributed by atoms with Gasteiger partial charge in [0.2, 0.25) is 0 Å². The molecule has 1 saturated heterocycles. The molecule has 3 N–H and O–H groups in total. The Morgan fingerprint density at radius 3 is 2.68 bits per heavy atom. The van der Waals surface area contributed by atoms with E-state index >= 15 is 0 Å². The number of hydrogen-bond donors (Lipinski definition) is 2.